The number of rotatable bonds is 4. The molecule has 206 valence electrons. The highest BCUT2D eigenvalue weighted by molar-refractivity contribution is 6.07. The molecule has 0 amide bonds. The molecule has 0 aliphatic heterocycles. The standard InChI is InChI=1S/C43H29N/c1-3-14-30(15-4-1)36-22-11-12-24-41(36)44(33-18-5-2-6-19-33)42-26-25-38-35-21-10-8-17-32(35)29-40(38)43(42)27-13-23-37-34-20-9-7-16-31(34)28-39(37)43/h1-29H. The summed E-state index contributed by atoms with van der Waals surface area (Å²) in [5.74, 6) is 0. The van der Waals surface area contributed by atoms with Gasteiger partial charge in [-0.15, -0.1) is 0 Å². The monoisotopic (exact) mass is 559 g/mol. The lowest BCUT2D eigenvalue weighted by molar-refractivity contribution is 0.677. The van der Waals surface area contributed by atoms with Crippen LogP contribution in [0.2, 0.25) is 0 Å². The highest BCUT2D eigenvalue weighted by Crippen LogP contribution is 2.63. The van der Waals surface area contributed by atoms with Crippen LogP contribution in [0.1, 0.15) is 22.3 Å². The van der Waals surface area contributed by atoms with Crippen molar-refractivity contribution in [3.05, 3.63) is 203 Å². The molecule has 1 unspecified atom stereocenters. The molecule has 0 aromatic heterocycles. The summed E-state index contributed by atoms with van der Waals surface area (Å²) in [4.78, 5) is 2.50. The average molecular weight is 560 g/mol. The number of nitrogens with zero attached hydrogens (tertiary/aromatic N) is 1. The molecule has 5 aromatic rings. The van der Waals surface area contributed by atoms with Crippen molar-refractivity contribution in [2.24, 2.45) is 5.41 Å². The Bertz CT molecular complexity index is 2130. The summed E-state index contributed by atoms with van der Waals surface area (Å²) in [6.07, 6.45) is 16.6. The van der Waals surface area contributed by atoms with Gasteiger partial charge in [0.1, 0.15) is 0 Å². The molecule has 9 rings (SSSR count). The molecule has 0 heterocycles. The van der Waals surface area contributed by atoms with Crippen LogP contribution in [0, 0.1) is 5.41 Å². The van der Waals surface area contributed by atoms with E-state index >= 15 is 0 Å². The van der Waals surface area contributed by atoms with Gasteiger partial charge in [0.15, 0.2) is 0 Å². The van der Waals surface area contributed by atoms with E-state index in [1.807, 2.05) is 0 Å². The predicted molar refractivity (Wildman–Crippen MR) is 185 cm³/mol. The van der Waals surface area contributed by atoms with E-state index in [4.69, 9.17) is 0 Å². The smallest absolute Gasteiger partial charge is 0.0803 e. The minimum absolute atomic E-state index is 0.508. The Hall–Kier alpha value is -5.66. The van der Waals surface area contributed by atoms with Gasteiger partial charge < -0.3 is 4.90 Å². The molecule has 1 nitrogen and oxygen atoms in total. The summed E-state index contributed by atoms with van der Waals surface area (Å²) < 4.78 is 0. The second kappa shape index (κ2) is 9.69. The van der Waals surface area contributed by atoms with Crippen molar-refractivity contribution in [2.45, 2.75) is 0 Å². The van der Waals surface area contributed by atoms with Crippen molar-refractivity contribution in [1.82, 2.24) is 0 Å². The average Bonchev–Trinajstić information content (AvgIpc) is 3.67. The molecule has 5 aromatic carbocycles. The van der Waals surface area contributed by atoms with Crippen molar-refractivity contribution < 1.29 is 0 Å². The second-order valence-electron chi connectivity index (χ2n) is 11.7. The number of anilines is 2. The molecular weight excluding hydrogens is 530 g/mol. The number of benzene rings is 5. The van der Waals surface area contributed by atoms with Gasteiger partial charge in [-0.3, -0.25) is 0 Å². The highest BCUT2D eigenvalue weighted by Gasteiger charge is 2.50. The van der Waals surface area contributed by atoms with Gasteiger partial charge in [0.2, 0.25) is 0 Å². The van der Waals surface area contributed by atoms with Gasteiger partial charge in [0.05, 0.1) is 11.1 Å². The minimum Gasteiger partial charge on any atom is -0.312 e. The molecule has 0 N–H and O–H groups in total. The van der Waals surface area contributed by atoms with Gasteiger partial charge >= 0.3 is 0 Å². The normalized spacial score (nSPS) is 18.7. The number of para-hydroxylation sites is 2. The van der Waals surface area contributed by atoms with Gasteiger partial charge in [-0.2, -0.15) is 0 Å². The minimum atomic E-state index is -0.508. The highest BCUT2D eigenvalue weighted by atomic mass is 15.2. The Morgan fingerprint density at radius 1 is 0.455 bits per heavy atom. The lowest BCUT2D eigenvalue weighted by Gasteiger charge is -2.46. The van der Waals surface area contributed by atoms with Crippen LogP contribution in [-0.4, -0.2) is 0 Å². The van der Waals surface area contributed by atoms with Gasteiger partial charge in [0, 0.05) is 16.9 Å². The third kappa shape index (κ3) is 3.53. The first-order valence-corrected chi connectivity index (χ1v) is 15.3. The third-order valence-electron chi connectivity index (χ3n) is 9.44. The van der Waals surface area contributed by atoms with E-state index in [2.05, 4.69) is 181 Å². The summed E-state index contributed by atoms with van der Waals surface area (Å²) in [5, 5.41) is 0. The van der Waals surface area contributed by atoms with Gasteiger partial charge in [-0.1, -0.05) is 140 Å². The SMILES string of the molecule is C1=CC2(C3=Cc4ccccc4C3=C1)C1=Cc3ccccc3C1=CC=C2N(c1ccccc1)c1ccccc1-c1ccccc1. The summed E-state index contributed by atoms with van der Waals surface area (Å²) in [6.45, 7) is 0. The Balaban J connectivity index is 1.35. The van der Waals surface area contributed by atoms with Gasteiger partial charge in [-0.25, -0.2) is 0 Å². The van der Waals surface area contributed by atoms with E-state index in [1.165, 1.54) is 61.4 Å². The first-order valence-electron chi connectivity index (χ1n) is 15.3. The van der Waals surface area contributed by atoms with Crippen LogP contribution in [-0.2, 0) is 0 Å². The summed E-state index contributed by atoms with van der Waals surface area (Å²) in [7, 11) is 0. The van der Waals surface area contributed by atoms with Crippen LogP contribution < -0.4 is 4.90 Å². The molecule has 0 bridgehead atoms. The second-order valence-corrected chi connectivity index (χ2v) is 11.7. The van der Waals surface area contributed by atoms with Crippen molar-refractivity contribution in [1.29, 1.82) is 0 Å². The van der Waals surface area contributed by atoms with Crippen LogP contribution in [0.4, 0.5) is 11.4 Å². The Labute approximate surface area is 258 Å². The maximum absolute atomic E-state index is 2.50. The first kappa shape index (κ1) is 24.9. The molecule has 0 fully saturated rings. The third-order valence-corrected chi connectivity index (χ3v) is 9.44. The van der Waals surface area contributed by atoms with Crippen LogP contribution in [0.15, 0.2) is 181 Å². The largest absolute Gasteiger partial charge is 0.312 e. The lowest BCUT2D eigenvalue weighted by atomic mass is 9.63. The quantitative estimate of drug-likeness (QED) is 0.212. The predicted octanol–water partition coefficient (Wildman–Crippen LogP) is 10.9. The molecule has 4 aliphatic carbocycles. The van der Waals surface area contributed by atoms with Crippen LogP contribution in [0.3, 0.4) is 0 Å². The van der Waals surface area contributed by atoms with E-state index in [9.17, 15) is 0 Å². The molecule has 0 saturated heterocycles. The number of hydrogen-bond donors (Lipinski definition) is 0. The Morgan fingerprint density at radius 2 is 1.00 bits per heavy atom. The first-order chi connectivity index (χ1) is 21.8. The summed E-state index contributed by atoms with van der Waals surface area (Å²) in [5.41, 5.74) is 15.8. The Kier molecular flexibility index (Phi) is 5.48. The van der Waals surface area contributed by atoms with Crippen LogP contribution >= 0.6 is 0 Å². The Morgan fingerprint density at radius 3 is 1.68 bits per heavy atom. The molecule has 1 atom stereocenters. The van der Waals surface area contributed by atoms with Crippen molar-refractivity contribution in [3.8, 4) is 11.1 Å². The molecule has 0 radical (unpaired) electrons. The molecule has 1 heteroatoms. The van der Waals surface area contributed by atoms with Gasteiger partial charge in [0.25, 0.3) is 0 Å². The van der Waals surface area contributed by atoms with E-state index < -0.39 is 5.41 Å². The molecule has 4 aliphatic rings. The fraction of sp³-hybridized carbons (Fsp3) is 0.0233. The van der Waals surface area contributed by atoms with Crippen molar-refractivity contribution >= 4 is 34.7 Å². The maximum Gasteiger partial charge on any atom is 0.0803 e. The van der Waals surface area contributed by atoms with Crippen LogP contribution in [0.5, 0.6) is 0 Å². The van der Waals surface area contributed by atoms with E-state index in [0.717, 1.165) is 11.4 Å². The zero-order valence-electron chi connectivity index (χ0n) is 24.2. The number of allylic oxidation sites excluding steroid dienone is 7. The fourth-order valence-corrected chi connectivity index (χ4v) is 7.54. The molecule has 0 saturated carbocycles. The summed E-state index contributed by atoms with van der Waals surface area (Å²) in [6, 6.07) is 48.0. The fourth-order valence-electron chi connectivity index (χ4n) is 7.54. The van der Waals surface area contributed by atoms with E-state index in [1.54, 1.807) is 0 Å². The van der Waals surface area contributed by atoms with Gasteiger partial charge in [-0.05, 0) is 86.5 Å². The molecular formula is C43H29N. The van der Waals surface area contributed by atoms with Crippen molar-refractivity contribution in [3.63, 3.8) is 0 Å². The van der Waals surface area contributed by atoms with Crippen LogP contribution in [0.25, 0.3) is 34.4 Å². The molecule has 44 heavy (non-hydrogen) atoms. The zero-order chi connectivity index (χ0) is 29.1. The topological polar surface area (TPSA) is 3.24 Å². The molecule has 1 spiro atoms. The van der Waals surface area contributed by atoms with Crippen molar-refractivity contribution in [2.75, 3.05) is 4.90 Å². The number of fused-ring (bicyclic) bond motifs is 8. The van der Waals surface area contributed by atoms with E-state index in [-0.39, 0.29) is 0 Å². The number of hydrogen-bond acceptors (Lipinski definition) is 1. The maximum atomic E-state index is 2.50. The van der Waals surface area contributed by atoms with E-state index in [0.29, 0.717) is 0 Å². The lowest BCUT2D eigenvalue weighted by Crippen LogP contribution is -2.37. The zero-order valence-corrected chi connectivity index (χ0v) is 24.2. The summed E-state index contributed by atoms with van der Waals surface area (Å²) >= 11 is 0.